The Kier molecular flexibility index (Phi) is 1.01. The summed E-state index contributed by atoms with van der Waals surface area (Å²) in [5, 5.41) is 0. The van der Waals surface area contributed by atoms with Crippen LogP contribution in [0.1, 0.15) is 6.42 Å². The zero-order valence-corrected chi connectivity index (χ0v) is 5.25. The highest BCUT2D eigenvalue weighted by Crippen LogP contribution is 2.21. The molecule has 0 radical (unpaired) electrons. The maximum absolute atomic E-state index is 4.18. The Morgan fingerprint density at radius 1 is 1.56 bits per heavy atom. The minimum Gasteiger partial charge on any atom is -0.292 e. The van der Waals surface area contributed by atoms with E-state index in [1.807, 2.05) is 6.21 Å². The summed E-state index contributed by atoms with van der Waals surface area (Å²) in [5.74, 6) is 0.624. The Morgan fingerprint density at radius 2 is 2.56 bits per heavy atom. The molecule has 0 bridgehead atoms. The fourth-order valence-electron chi connectivity index (χ4n) is 1.30. The molecular formula is C8H9N. The summed E-state index contributed by atoms with van der Waals surface area (Å²) in [6.45, 7) is 0.975. The molecule has 0 saturated carbocycles. The van der Waals surface area contributed by atoms with Crippen molar-refractivity contribution in [3.05, 3.63) is 23.8 Å². The van der Waals surface area contributed by atoms with Gasteiger partial charge in [-0.3, -0.25) is 4.99 Å². The average Bonchev–Trinajstić information content (AvgIpc) is 2.33. The van der Waals surface area contributed by atoms with Gasteiger partial charge in [-0.2, -0.15) is 0 Å². The van der Waals surface area contributed by atoms with Crippen LogP contribution in [-0.2, 0) is 0 Å². The molecule has 1 heterocycles. The number of hydrogen-bond acceptors (Lipinski definition) is 1. The average molecular weight is 119 g/mol. The Hall–Kier alpha value is -0.850. The molecule has 0 amide bonds. The minimum absolute atomic E-state index is 0.624. The standard InChI is InChI=1S/C8H9N/c1-2-4-8-6-9-5-7(8)3-1/h1,3-4,6-7H,2,5H2. The van der Waals surface area contributed by atoms with Crippen LogP contribution in [0.2, 0.25) is 0 Å². The van der Waals surface area contributed by atoms with E-state index < -0.39 is 0 Å². The van der Waals surface area contributed by atoms with Gasteiger partial charge in [0.1, 0.15) is 0 Å². The molecule has 0 spiro atoms. The monoisotopic (exact) mass is 119 g/mol. The molecule has 1 unspecified atom stereocenters. The van der Waals surface area contributed by atoms with Gasteiger partial charge in [0.15, 0.2) is 0 Å². The molecule has 2 rings (SSSR count). The van der Waals surface area contributed by atoms with Gasteiger partial charge in [0.05, 0.1) is 0 Å². The third-order valence-electron chi connectivity index (χ3n) is 1.83. The second-order valence-electron chi connectivity index (χ2n) is 2.47. The summed E-state index contributed by atoms with van der Waals surface area (Å²) in [6, 6.07) is 0. The molecule has 1 heteroatoms. The van der Waals surface area contributed by atoms with E-state index in [1.54, 1.807) is 0 Å². The fourth-order valence-corrected chi connectivity index (χ4v) is 1.30. The topological polar surface area (TPSA) is 12.4 Å². The lowest BCUT2D eigenvalue weighted by atomic mass is 9.97. The van der Waals surface area contributed by atoms with Crippen LogP contribution < -0.4 is 0 Å². The highest BCUT2D eigenvalue weighted by molar-refractivity contribution is 5.82. The predicted molar refractivity (Wildman–Crippen MR) is 38.7 cm³/mol. The molecule has 1 aliphatic heterocycles. The van der Waals surface area contributed by atoms with Crippen molar-refractivity contribution in [3.63, 3.8) is 0 Å². The molecule has 46 valence electrons. The largest absolute Gasteiger partial charge is 0.292 e. The van der Waals surface area contributed by atoms with Gasteiger partial charge >= 0.3 is 0 Å². The van der Waals surface area contributed by atoms with Gasteiger partial charge in [0.2, 0.25) is 0 Å². The van der Waals surface area contributed by atoms with Crippen LogP contribution in [-0.4, -0.2) is 12.8 Å². The molecular weight excluding hydrogens is 110 g/mol. The van der Waals surface area contributed by atoms with Crippen LogP contribution in [0, 0.1) is 5.92 Å². The normalized spacial score (nSPS) is 30.2. The summed E-state index contributed by atoms with van der Waals surface area (Å²) in [6.07, 6.45) is 9.80. The van der Waals surface area contributed by atoms with Crippen molar-refractivity contribution in [2.45, 2.75) is 6.42 Å². The third-order valence-corrected chi connectivity index (χ3v) is 1.83. The van der Waals surface area contributed by atoms with Crippen LogP contribution in [0.5, 0.6) is 0 Å². The number of nitrogens with zero attached hydrogens (tertiary/aromatic N) is 1. The Balaban J connectivity index is 2.29. The summed E-state index contributed by atoms with van der Waals surface area (Å²) in [7, 11) is 0. The molecule has 1 atom stereocenters. The van der Waals surface area contributed by atoms with E-state index >= 15 is 0 Å². The van der Waals surface area contributed by atoms with Gasteiger partial charge in [0, 0.05) is 18.7 Å². The molecule has 1 nitrogen and oxygen atoms in total. The Labute approximate surface area is 54.8 Å². The molecule has 0 saturated heterocycles. The number of fused-ring (bicyclic) bond motifs is 1. The van der Waals surface area contributed by atoms with Crippen molar-refractivity contribution in [1.29, 1.82) is 0 Å². The summed E-state index contributed by atoms with van der Waals surface area (Å²) >= 11 is 0. The van der Waals surface area contributed by atoms with Crippen molar-refractivity contribution >= 4 is 6.21 Å². The van der Waals surface area contributed by atoms with Gasteiger partial charge in [-0.05, 0) is 12.0 Å². The van der Waals surface area contributed by atoms with Crippen LogP contribution >= 0.6 is 0 Å². The highest BCUT2D eigenvalue weighted by Gasteiger charge is 2.14. The second kappa shape index (κ2) is 1.83. The van der Waals surface area contributed by atoms with Gasteiger partial charge < -0.3 is 0 Å². The SMILES string of the molecule is C1=CC2CN=CC2=CC1. The van der Waals surface area contributed by atoms with Crippen LogP contribution in [0.15, 0.2) is 28.8 Å². The summed E-state index contributed by atoms with van der Waals surface area (Å²) < 4.78 is 0. The van der Waals surface area contributed by atoms with E-state index in [2.05, 4.69) is 23.2 Å². The lowest BCUT2D eigenvalue weighted by molar-refractivity contribution is 0.821. The first-order chi connectivity index (χ1) is 4.47. The lowest BCUT2D eigenvalue weighted by Gasteiger charge is -2.07. The van der Waals surface area contributed by atoms with Gasteiger partial charge in [-0.1, -0.05) is 18.2 Å². The van der Waals surface area contributed by atoms with Gasteiger partial charge in [0.25, 0.3) is 0 Å². The molecule has 0 aromatic carbocycles. The van der Waals surface area contributed by atoms with E-state index in [1.165, 1.54) is 5.57 Å². The third kappa shape index (κ3) is 0.727. The van der Waals surface area contributed by atoms with E-state index in [-0.39, 0.29) is 0 Å². The first-order valence-corrected chi connectivity index (χ1v) is 3.33. The molecule has 0 aromatic rings. The molecule has 2 aliphatic rings. The van der Waals surface area contributed by atoms with E-state index in [4.69, 9.17) is 0 Å². The van der Waals surface area contributed by atoms with Crippen molar-refractivity contribution in [2.24, 2.45) is 10.9 Å². The van der Waals surface area contributed by atoms with Crippen molar-refractivity contribution in [1.82, 2.24) is 0 Å². The molecule has 0 N–H and O–H groups in total. The number of rotatable bonds is 0. The van der Waals surface area contributed by atoms with E-state index in [0.29, 0.717) is 5.92 Å². The maximum Gasteiger partial charge on any atom is 0.0493 e. The maximum atomic E-state index is 4.18. The van der Waals surface area contributed by atoms with Crippen molar-refractivity contribution < 1.29 is 0 Å². The van der Waals surface area contributed by atoms with Crippen LogP contribution in [0.3, 0.4) is 0 Å². The summed E-state index contributed by atoms with van der Waals surface area (Å²) in [4.78, 5) is 4.18. The molecule has 1 aliphatic carbocycles. The summed E-state index contributed by atoms with van der Waals surface area (Å²) in [5.41, 5.74) is 1.41. The number of aliphatic imine (C=N–C) groups is 1. The number of hydrogen-bond donors (Lipinski definition) is 0. The fraction of sp³-hybridized carbons (Fsp3) is 0.375. The predicted octanol–water partition coefficient (Wildman–Crippen LogP) is 1.57. The highest BCUT2D eigenvalue weighted by atomic mass is 14.7. The van der Waals surface area contributed by atoms with E-state index in [9.17, 15) is 0 Å². The van der Waals surface area contributed by atoms with Crippen LogP contribution in [0.25, 0.3) is 0 Å². The molecule has 9 heavy (non-hydrogen) atoms. The van der Waals surface area contributed by atoms with Crippen molar-refractivity contribution in [3.8, 4) is 0 Å². The number of allylic oxidation sites excluding steroid dienone is 2. The van der Waals surface area contributed by atoms with Gasteiger partial charge in [-0.15, -0.1) is 0 Å². The Bertz CT molecular complexity index is 199. The Morgan fingerprint density at radius 3 is 3.44 bits per heavy atom. The second-order valence-corrected chi connectivity index (χ2v) is 2.47. The quantitative estimate of drug-likeness (QED) is 0.429. The minimum atomic E-state index is 0.624. The zero-order valence-electron chi connectivity index (χ0n) is 5.25. The lowest BCUT2D eigenvalue weighted by Crippen LogP contribution is -2.01. The van der Waals surface area contributed by atoms with E-state index in [0.717, 1.165) is 13.0 Å². The first kappa shape index (κ1) is 4.98. The van der Waals surface area contributed by atoms with Gasteiger partial charge in [-0.25, -0.2) is 0 Å². The molecule has 0 aromatic heterocycles. The smallest absolute Gasteiger partial charge is 0.0493 e. The first-order valence-electron chi connectivity index (χ1n) is 3.33. The van der Waals surface area contributed by atoms with Crippen LogP contribution in [0.4, 0.5) is 0 Å². The van der Waals surface area contributed by atoms with Crippen molar-refractivity contribution in [2.75, 3.05) is 6.54 Å². The molecule has 0 fully saturated rings. The zero-order chi connectivity index (χ0) is 6.10.